The maximum absolute atomic E-state index is 13.8. The van der Waals surface area contributed by atoms with Gasteiger partial charge in [0.1, 0.15) is 18.9 Å². The van der Waals surface area contributed by atoms with Crippen molar-refractivity contribution in [2.75, 3.05) is 31.2 Å². The number of esters is 1. The maximum atomic E-state index is 13.8. The summed E-state index contributed by atoms with van der Waals surface area (Å²) in [5.74, 6) is -1.50. The number of anilines is 1. The molecule has 3 heterocycles. The third kappa shape index (κ3) is 9.31. The lowest BCUT2D eigenvalue weighted by molar-refractivity contribution is -0.167. The summed E-state index contributed by atoms with van der Waals surface area (Å²) in [4.78, 5) is 23.5. The fraction of sp³-hybridized carbons (Fsp3) is 0.562. The molecular weight excluding hydrogens is 584 g/mol. The molecule has 1 aliphatic heterocycles. The molecule has 1 aliphatic rings. The van der Waals surface area contributed by atoms with Crippen LogP contribution in [0.15, 0.2) is 42.6 Å². The fourth-order valence-corrected chi connectivity index (χ4v) is 4.96. The van der Waals surface area contributed by atoms with Crippen LogP contribution in [0, 0.1) is 5.41 Å². The molecule has 0 spiro atoms. The summed E-state index contributed by atoms with van der Waals surface area (Å²) >= 11 is 0. The molecule has 1 saturated heterocycles. The Kier molecular flexibility index (Phi) is 10.4. The molecule has 239 valence electrons. The van der Waals surface area contributed by atoms with Crippen LogP contribution >= 0.6 is 0 Å². The molecule has 4 rings (SSSR count). The van der Waals surface area contributed by atoms with E-state index in [1.807, 2.05) is 56.0 Å². The summed E-state index contributed by atoms with van der Waals surface area (Å²) < 4.78 is 46.5. The number of aromatic nitrogens is 4. The highest BCUT2D eigenvalue weighted by Gasteiger charge is 2.36. The first-order chi connectivity index (χ1) is 20.6. The van der Waals surface area contributed by atoms with Gasteiger partial charge in [0.2, 0.25) is 11.8 Å². The number of nitrogens with zero attached hydrogens (tertiary/aromatic N) is 5. The van der Waals surface area contributed by atoms with E-state index in [-0.39, 0.29) is 45.2 Å². The molecular formula is C32H44F2N5O4Si. The predicted octanol–water partition coefficient (Wildman–Crippen LogP) is 6.72. The van der Waals surface area contributed by atoms with Crippen molar-refractivity contribution in [1.29, 1.82) is 0 Å². The van der Waals surface area contributed by atoms with Crippen molar-refractivity contribution in [2.45, 2.75) is 84.9 Å². The van der Waals surface area contributed by atoms with Crippen LogP contribution in [0.25, 0.3) is 22.5 Å². The van der Waals surface area contributed by atoms with Crippen LogP contribution in [-0.2, 0) is 21.0 Å². The molecule has 3 aromatic rings. The Balaban J connectivity index is 1.45. The second-order valence-corrected chi connectivity index (χ2v) is 16.1. The first kappa shape index (κ1) is 33.5. The van der Waals surface area contributed by atoms with Gasteiger partial charge in [0.25, 0.3) is 5.92 Å². The minimum absolute atomic E-state index is 0.133. The van der Waals surface area contributed by atoms with Crippen molar-refractivity contribution >= 4 is 20.7 Å². The minimum Gasteiger partial charge on any atom is -0.476 e. The Bertz CT molecular complexity index is 1380. The molecule has 0 atom stereocenters. The van der Waals surface area contributed by atoms with Crippen LogP contribution in [0.5, 0.6) is 5.88 Å². The number of ether oxygens (including phenoxy) is 3. The monoisotopic (exact) mass is 628 g/mol. The zero-order valence-corrected chi connectivity index (χ0v) is 27.8. The molecule has 1 fully saturated rings. The average Bonchev–Trinajstić information content (AvgIpc) is 3.37. The van der Waals surface area contributed by atoms with Crippen molar-refractivity contribution in [2.24, 2.45) is 5.41 Å². The zero-order chi connectivity index (χ0) is 32.1. The van der Waals surface area contributed by atoms with Gasteiger partial charge in [-0.1, -0.05) is 37.4 Å². The van der Waals surface area contributed by atoms with Crippen LogP contribution < -0.4 is 9.64 Å². The first-order valence-corrected chi connectivity index (χ1v) is 17.7. The standard InChI is InChI=1S/C32H44F2N5O4Si/c1-30(2,3)43-28(40)31(4,5)21-42-26-13-12-25(20-35-26)23-8-10-24(11-9-23)27-36-29(38-16-14-32(33,34)15-17-38)37-39(27)22-41-18-19-44(6)7/h8-13,20H,14-19,21-22H2,1-7H3. The summed E-state index contributed by atoms with van der Waals surface area (Å²) in [7, 11) is -0.407. The number of pyridine rings is 1. The van der Waals surface area contributed by atoms with Crippen molar-refractivity contribution in [3.63, 3.8) is 0 Å². The predicted molar refractivity (Wildman–Crippen MR) is 168 cm³/mol. The number of alkyl halides is 2. The molecule has 0 aliphatic carbocycles. The normalized spacial score (nSPS) is 15.5. The summed E-state index contributed by atoms with van der Waals surface area (Å²) in [5.41, 5.74) is 1.28. The van der Waals surface area contributed by atoms with Crippen LogP contribution in [-0.4, -0.2) is 72.3 Å². The number of hydrogen-bond donors (Lipinski definition) is 0. The second-order valence-electron chi connectivity index (χ2n) is 13.2. The zero-order valence-electron chi connectivity index (χ0n) is 26.8. The van der Waals surface area contributed by atoms with E-state index in [4.69, 9.17) is 19.2 Å². The largest absolute Gasteiger partial charge is 0.476 e. The van der Waals surface area contributed by atoms with E-state index in [0.29, 0.717) is 24.3 Å². The molecule has 0 saturated carbocycles. The lowest BCUT2D eigenvalue weighted by Crippen LogP contribution is -2.39. The number of rotatable bonds is 12. The van der Waals surface area contributed by atoms with Gasteiger partial charge in [-0.05, 0) is 52.3 Å². The van der Waals surface area contributed by atoms with Crippen molar-refractivity contribution < 1.29 is 27.8 Å². The fourth-order valence-electron chi connectivity index (χ4n) is 4.41. The van der Waals surface area contributed by atoms with Gasteiger partial charge in [-0.3, -0.25) is 4.79 Å². The van der Waals surface area contributed by atoms with E-state index < -0.39 is 25.7 Å². The topological polar surface area (TPSA) is 91.6 Å². The highest BCUT2D eigenvalue weighted by atomic mass is 28.3. The Morgan fingerprint density at radius 2 is 1.61 bits per heavy atom. The van der Waals surface area contributed by atoms with Gasteiger partial charge in [-0.15, -0.1) is 5.10 Å². The minimum atomic E-state index is -2.64. The molecule has 0 unspecified atom stereocenters. The Morgan fingerprint density at radius 1 is 0.977 bits per heavy atom. The second kappa shape index (κ2) is 13.7. The third-order valence-electron chi connectivity index (χ3n) is 7.14. The van der Waals surface area contributed by atoms with Gasteiger partial charge < -0.3 is 19.1 Å². The summed E-state index contributed by atoms with van der Waals surface area (Å²) in [6.07, 6.45) is 1.31. The quantitative estimate of drug-likeness (QED) is 0.124. The average molecular weight is 629 g/mol. The van der Waals surface area contributed by atoms with Gasteiger partial charge in [-0.25, -0.2) is 18.4 Å². The Morgan fingerprint density at radius 3 is 2.20 bits per heavy atom. The van der Waals surface area contributed by atoms with E-state index >= 15 is 0 Å². The van der Waals surface area contributed by atoms with Gasteiger partial charge >= 0.3 is 5.97 Å². The third-order valence-corrected chi connectivity index (χ3v) is 8.35. The van der Waals surface area contributed by atoms with E-state index in [9.17, 15) is 13.6 Å². The van der Waals surface area contributed by atoms with Gasteiger partial charge in [-0.2, -0.15) is 4.98 Å². The number of benzene rings is 1. The molecule has 9 nitrogen and oxygen atoms in total. The molecule has 0 N–H and O–H groups in total. The summed E-state index contributed by atoms with van der Waals surface area (Å²) in [6, 6.07) is 12.6. The maximum Gasteiger partial charge on any atom is 0.315 e. The highest BCUT2D eigenvalue weighted by molar-refractivity contribution is 6.55. The SMILES string of the molecule is C[Si](C)CCOCn1nc(N2CCC(F)(F)CC2)nc1-c1ccc(-c2ccc(OCC(C)(C)C(=O)OC(C)(C)C)nc2)cc1. The summed E-state index contributed by atoms with van der Waals surface area (Å²) in [6.45, 7) is 15.0. The van der Waals surface area contributed by atoms with E-state index in [2.05, 4.69) is 23.2 Å². The lowest BCUT2D eigenvalue weighted by Gasteiger charge is -2.30. The van der Waals surface area contributed by atoms with Crippen molar-refractivity contribution in [3.05, 3.63) is 42.6 Å². The van der Waals surface area contributed by atoms with E-state index in [1.165, 1.54) is 0 Å². The molecule has 1 aromatic carbocycles. The molecule has 12 heteroatoms. The van der Waals surface area contributed by atoms with E-state index in [1.54, 1.807) is 30.8 Å². The van der Waals surface area contributed by atoms with Gasteiger partial charge in [0.15, 0.2) is 5.82 Å². The summed E-state index contributed by atoms with van der Waals surface area (Å²) in [5, 5.41) is 4.64. The van der Waals surface area contributed by atoms with Crippen molar-refractivity contribution in [1.82, 2.24) is 19.7 Å². The smallest absolute Gasteiger partial charge is 0.315 e. The number of hydrogen-bond acceptors (Lipinski definition) is 8. The Labute approximate surface area is 260 Å². The molecule has 2 aromatic heterocycles. The number of carbonyl (C=O) groups is 1. The van der Waals surface area contributed by atoms with Gasteiger partial charge in [0, 0.05) is 64.7 Å². The number of halogens is 2. The van der Waals surface area contributed by atoms with Crippen LogP contribution in [0.3, 0.4) is 0 Å². The van der Waals surface area contributed by atoms with Crippen LogP contribution in [0.4, 0.5) is 14.7 Å². The highest BCUT2D eigenvalue weighted by Crippen LogP contribution is 2.31. The molecule has 1 radical (unpaired) electrons. The molecule has 0 amide bonds. The number of carbonyl (C=O) groups excluding carboxylic acids is 1. The molecule has 0 bridgehead atoms. The van der Waals surface area contributed by atoms with Crippen LogP contribution in [0.2, 0.25) is 19.1 Å². The van der Waals surface area contributed by atoms with Crippen molar-refractivity contribution in [3.8, 4) is 28.4 Å². The first-order valence-electron chi connectivity index (χ1n) is 15.0. The van der Waals surface area contributed by atoms with Gasteiger partial charge in [0.05, 0.1) is 5.41 Å². The lowest BCUT2D eigenvalue weighted by atomic mass is 9.94. The molecule has 44 heavy (non-hydrogen) atoms. The van der Waals surface area contributed by atoms with Crippen LogP contribution in [0.1, 0.15) is 47.5 Å². The Hall–Kier alpha value is -3.38. The van der Waals surface area contributed by atoms with E-state index in [0.717, 1.165) is 22.7 Å². The number of piperidine rings is 1.